The maximum atomic E-state index is 6.19. The highest BCUT2D eigenvalue weighted by molar-refractivity contribution is 6.19. The van der Waals surface area contributed by atoms with Crippen LogP contribution in [0.25, 0.3) is 0 Å². The van der Waals surface area contributed by atoms with Gasteiger partial charge in [-0.2, -0.15) is 0 Å². The molecule has 0 fully saturated rings. The highest BCUT2D eigenvalue weighted by Crippen LogP contribution is 2.21. The van der Waals surface area contributed by atoms with E-state index in [1.807, 2.05) is 36.4 Å². The van der Waals surface area contributed by atoms with E-state index in [0.717, 1.165) is 25.0 Å². The maximum absolute atomic E-state index is 6.19. The molecular formula is C18H27ClO. The summed E-state index contributed by atoms with van der Waals surface area (Å²) in [5.41, 5.74) is 0.728. The Labute approximate surface area is 129 Å². The van der Waals surface area contributed by atoms with Gasteiger partial charge in [-0.25, -0.2) is 0 Å². The molecule has 20 heavy (non-hydrogen) atoms. The summed E-state index contributed by atoms with van der Waals surface area (Å²) in [5.74, 6) is 0. The van der Waals surface area contributed by atoms with Crippen molar-refractivity contribution >= 4 is 11.6 Å². The van der Waals surface area contributed by atoms with Crippen molar-refractivity contribution in [1.82, 2.24) is 0 Å². The molecule has 0 aromatic heterocycles. The first-order chi connectivity index (χ1) is 9.84. The first-order valence-corrected chi connectivity index (χ1v) is 8.19. The van der Waals surface area contributed by atoms with Gasteiger partial charge in [0.2, 0.25) is 0 Å². The monoisotopic (exact) mass is 294 g/mol. The van der Waals surface area contributed by atoms with Crippen molar-refractivity contribution < 1.29 is 4.74 Å². The Morgan fingerprint density at radius 1 is 0.950 bits per heavy atom. The lowest BCUT2D eigenvalue weighted by molar-refractivity contribution is 0.104. The van der Waals surface area contributed by atoms with E-state index in [1.165, 1.54) is 38.5 Å². The van der Waals surface area contributed by atoms with E-state index >= 15 is 0 Å². The van der Waals surface area contributed by atoms with E-state index in [1.54, 1.807) is 0 Å². The predicted octanol–water partition coefficient (Wildman–Crippen LogP) is 6.25. The van der Waals surface area contributed by atoms with Crippen LogP contribution >= 0.6 is 11.6 Å². The standard InChI is InChI=1S/C18H27ClO/c1-2-3-4-5-6-7-8-9-13-16-20-18(19)17-14-11-10-12-15-17/h2,10-12,14-15,18H,1,3-9,13,16H2. The van der Waals surface area contributed by atoms with Crippen LogP contribution in [0, 0.1) is 0 Å². The number of halogens is 1. The van der Waals surface area contributed by atoms with Crippen molar-refractivity contribution in [2.75, 3.05) is 6.61 Å². The highest BCUT2D eigenvalue weighted by Gasteiger charge is 2.06. The number of hydrogen-bond donors (Lipinski definition) is 0. The molecule has 0 radical (unpaired) electrons. The van der Waals surface area contributed by atoms with Gasteiger partial charge in [0, 0.05) is 6.61 Å². The van der Waals surface area contributed by atoms with Crippen molar-refractivity contribution in [3.63, 3.8) is 0 Å². The van der Waals surface area contributed by atoms with Crippen LogP contribution in [0.15, 0.2) is 43.0 Å². The second-order valence-corrected chi connectivity index (χ2v) is 5.55. The van der Waals surface area contributed by atoms with Crippen molar-refractivity contribution in [2.24, 2.45) is 0 Å². The zero-order valence-corrected chi connectivity index (χ0v) is 13.2. The first kappa shape index (κ1) is 17.3. The van der Waals surface area contributed by atoms with Gasteiger partial charge in [-0.05, 0) is 24.8 Å². The van der Waals surface area contributed by atoms with Crippen molar-refractivity contribution in [3.8, 4) is 0 Å². The Hall–Kier alpha value is -0.790. The number of hydrogen-bond acceptors (Lipinski definition) is 1. The van der Waals surface area contributed by atoms with Gasteiger partial charge in [0.15, 0.2) is 5.56 Å². The molecule has 0 N–H and O–H groups in total. The number of alkyl halides is 1. The van der Waals surface area contributed by atoms with Crippen LogP contribution in [-0.4, -0.2) is 6.61 Å². The molecule has 1 nitrogen and oxygen atoms in total. The van der Waals surface area contributed by atoms with E-state index in [-0.39, 0.29) is 5.56 Å². The van der Waals surface area contributed by atoms with Gasteiger partial charge in [-0.1, -0.05) is 80.1 Å². The van der Waals surface area contributed by atoms with Gasteiger partial charge in [-0.3, -0.25) is 0 Å². The second kappa shape index (κ2) is 12.0. The molecule has 1 aromatic rings. The fourth-order valence-electron chi connectivity index (χ4n) is 2.16. The maximum Gasteiger partial charge on any atom is 0.156 e. The SMILES string of the molecule is C=CCCCCCCCCCOC(Cl)c1ccccc1. The van der Waals surface area contributed by atoms with E-state index in [0.29, 0.717) is 0 Å². The fourth-order valence-corrected chi connectivity index (χ4v) is 2.40. The molecule has 0 saturated heterocycles. The summed E-state index contributed by atoms with van der Waals surface area (Å²) in [6.45, 7) is 4.49. The molecule has 0 aliphatic heterocycles. The van der Waals surface area contributed by atoms with Gasteiger partial charge >= 0.3 is 0 Å². The summed E-state index contributed by atoms with van der Waals surface area (Å²) in [7, 11) is 0. The number of rotatable bonds is 12. The van der Waals surface area contributed by atoms with Gasteiger partial charge in [-0.15, -0.1) is 6.58 Å². The van der Waals surface area contributed by atoms with Crippen LogP contribution in [0.2, 0.25) is 0 Å². The number of ether oxygens (including phenoxy) is 1. The Balaban J connectivity index is 1.91. The summed E-state index contributed by atoms with van der Waals surface area (Å²) in [6, 6.07) is 9.96. The molecule has 112 valence electrons. The lowest BCUT2D eigenvalue weighted by atomic mass is 10.1. The lowest BCUT2D eigenvalue weighted by Gasteiger charge is -2.11. The Morgan fingerprint density at radius 2 is 1.55 bits per heavy atom. The minimum Gasteiger partial charge on any atom is -0.358 e. The normalized spacial score (nSPS) is 12.2. The summed E-state index contributed by atoms with van der Waals surface area (Å²) in [6.07, 6.45) is 12.1. The van der Waals surface area contributed by atoms with Crippen molar-refractivity contribution in [1.29, 1.82) is 0 Å². The lowest BCUT2D eigenvalue weighted by Crippen LogP contribution is -1.99. The van der Waals surface area contributed by atoms with Gasteiger partial charge in [0.05, 0.1) is 0 Å². The number of benzene rings is 1. The Bertz CT molecular complexity index is 337. The molecule has 0 bridgehead atoms. The van der Waals surface area contributed by atoms with E-state index in [9.17, 15) is 0 Å². The molecule has 2 heteroatoms. The third-order valence-corrected chi connectivity index (χ3v) is 3.76. The topological polar surface area (TPSA) is 9.23 Å². The van der Waals surface area contributed by atoms with Crippen LogP contribution in [0.5, 0.6) is 0 Å². The summed E-state index contributed by atoms with van der Waals surface area (Å²) >= 11 is 6.19. The van der Waals surface area contributed by atoms with Crippen molar-refractivity contribution in [2.45, 2.75) is 56.9 Å². The van der Waals surface area contributed by atoms with E-state index in [2.05, 4.69) is 6.58 Å². The predicted molar refractivity (Wildman–Crippen MR) is 88.1 cm³/mol. The summed E-state index contributed by atoms with van der Waals surface area (Å²) < 4.78 is 5.64. The minimum atomic E-state index is -0.310. The van der Waals surface area contributed by atoms with Gasteiger partial charge in [0.25, 0.3) is 0 Å². The van der Waals surface area contributed by atoms with Crippen LogP contribution in [0.3, 0.4) is 0 Å². The van der Waals surface area contributed by atoms with Crippen molar-refractivity contribution in [3.05, 3.63) is 48.6 Å². The third-order valence-electron chi connectivity index (χ3n) is 3.38. The molecule has 0 heterocycles. The first-order valence-electron chi connectivity index (χ1n) is 7.76. The Kier molecular flexibility index (Phi) is 10.3. The zero-order valence-electron chi connectivity index (χ0n) is 12.4. The number of unbranched alkanes of at least 4 members (excludes halogenated alkanes) is 7. The fraction of sp³-hybridized carbons (Fsp3) is 0.556. The summed E-state index contributed by atoms with van der Waals surface area (Å²) in [4.78, 5) is 0. The zero-order chi connectivity index (χ0) is 14.5. The molecule has 0 amide bonds. The molecule has 1 aromatic carbocycles. The van der Waals surface area contributed by atoms with E-state index in [4.69, 9.17) is 16.3 Å². The van der Waals surface area contributed by atoms with Crippen LogP contribution < -0.4 is 0 Å². The minimum absolute atomic E-state index is 0.310. The van der Waals surface area contributed by atoms with Gasteiger partial charge in [0.1, 0.15) is 0 Å². The summed E-state index contributed by atoms with van der Waals surface area (Å²) in [5, 5.41) is 0. The highest BCUT2D eigenvalue weighted by atomic mass is 35.5. The second-order valence-electron chi connectivity index (χ2n) is 5.15. The number of allylic oxidation sites excluding steroid dienone is 1. The molecule has 1 atom stereocenters. The quantitative estimate of drug-likeness (QED) is 0.251. The molecule has 0 spiro atoms. The van der Waals surface area contributed by atoms with Crippen LogP contribution in [0.1, 0.15) is 62.5 Å². The van der Waals surface area contributed by atoms with E-state index < -0.39 is 0 Å². The largest absolute Gasteiger partial charge is 0.358 e. The molecule has 1 rings (SSSR count). The smallest absolute Gasteiger partial charge is 0.156 e. The average molecular weight is 295 g/mol. The van der Waals surface area contributed by atoms with Crippen LogP contribution in [0.4, 0.5) is 0 Å². The third kappa shape index (κ3) is 8.39. The molecule has 0 aliphatic rings. The van der Waals surface area contributed by atoms with Gasteiger partial charge < -0.3 is 4.74 Å². The average Bonchev–Trinajstić information content (AvgIpc) is 2.50. The molecule has 1 unspecified atom stereocenters. The molecular weight excluding hydrogens is 268 g/mol. The van der Waals surface area contributed by atoms with Crippen LogP contribution in [-0.2, 0) is 4.74 Å². The molecule has 0 saturated carbocycles. The molecule has 0 aliphatic carbocycles. The Morgan fingerprint density at radius 3 is 2.20 bits per heavy atom.